The molecule has 0 bridgehead atoms. The monoisotopic (exact) mass is 749 g/mol. The Morgan fingerprint density at radius 2 is 1.47 bits per heavy atom. The number of carboxylic acids is 1. The number of methoxy groups -OCH3 is 1. The van der Waals surface area contributed by atoms with E-state index in [4.69, 9.17) is 15.2 Å². The van der Waals surface area contributed by atoms with Gasteiger partial charge < -0.3 is 35.9 Å². The number of rotatable bonds is 13. The van der Waals surface area contributed by atoms with Crippen molar-refractivity contribution in [2.45, 2.75) is 63.8 Å². The molecule has 0 aliphatic heterocycles. The molecule has 5 aromatic rings. The maximum Gasteiger partial charge on any atom is 0.408 e. The Hall–Kier alpha value is -6.54. The Morgan fingerprint density at radius 1 is 0.818 bits per heavy atom. The van der Waals surface area contributed by atoms with Crippen molar-refractivity contribution >= 4 is 57.4 Å². The van der Waals surface area contributed by atoms with E-state index in [-0.39, 0.29) is 23.3 Å². The summed E-state index contributed by atoms with van der Waals surface area (Å²) < 4.78 is 10.6. The smallest absolute Gasteiger partial charge is 0.408 e. The molecule has 14 nitrogen and oxygen atoms in total. The molecule has 0 aliphatic rings. The Balaban J connectivity index is 1.50. The van der Waals surface area contributed by atoms with Crippen LogP contribution in [-0.4, -0.2) is 81.5 Å². The maximum atomic E-state index is 14.6. The maximum absolute atomic E-state index is 14.6. The van der Waals surface area contributed by atoms with Crippen LogP contribution in [0.1, 0.15) is 48.7 Å². The number of carbonyl (C=O) groups is 6. The van der Waals surface area contributed by atoms with Gasteiger partial charge in [0.1, 0.15) is 23.4 Å². The molecule has 14 heteroatoms. The van der Waals surface area contributed by atoms with E-state index >= 15 is 0 Å². The van der Waals surface area contributed by atoms with E-state index in [2.05, 4.69) is 15.6 Å². The molecule has 0 saturated carbocycles. The summed E-state index contributed by atoms with van der Waals surface area (Å²) in [5.41, 5.74) is 7.15. The van der Waals surface area contributed by atoms with E-state index in [1.807, 2.05) is 48.5 Å². The summed E-state index contributed by atoms with van der Waals surface area (Å²) in [5, 5.41) is 17.3. The van der Waals surface area contributed by atoms with Gasteiger partial charge in [-0.1, -0.05) is 60.7 Å². The number of aromatic nitrogens is 1. The van der Waals surface area contributed by atoms with Crippen LogP contribution >= 0.6 is 0 Å². The number of aromatic amines is 1. The van der Waals surface area contributed by atoms with Crippen LogP contribution in [0.15, 0.2) is 97.2 Å². The van der Waals surface area contributed by atoms with E-state index in [9.17, 15) is 33.9 Å². The molecule has 0 fully saturated rings. The van der Waals surface area contributed by atoms with Crippen LogP contribution in [-0.2, 0) is 36.8 Å². The number of aliphatic carboxylic acids is 1. The number of nitrogens with zero attached hydrogens (tertiary/aromatic N) is 1. The third-order valence-electron chi connectivity index (χ3n) is 8.67. The zero-order valence-corrected chi connectivity index (χ0v) is 30.8. The van der Waals surface area contributed by atoms with Gasteiger partial charge >= 0.3 is 12.1 Å². The van der Waals surface area contributed by atoms with Crippen molar-refractivity contribution in [3.63, 3.8) is 0 Å². The molecule has 1 aromatic heterocycles. The van der Waals surface area contributed by atoms with Gasteiger partial charge in [-0.2, -0.15) is 0 Å². The molecule has 4 aromatic carbocycles. The number of carbonyl (C=O) groups excluding carboxylic acids is 5. The minimum Gasteiger partial charge on any atom is -0.497 e. The average Bonchev–Trinajstić information content (AvgIpc) is 3.55. The van der Waals surface area contributed by atoms with E-state index in [0.29, 0.717) is 22.3 Å². The number of H-pyrrole nitrogens is 1. The van der Waals surface area contributed by atoms with Crippen molar-refractivity contribution in [3.8, 4) is 5.75 Å². The summed E-state index contributed by atoms with van der Waals surface area (Å²) in [6.07, 6.45) is -0.563. The van der Waals surface area contributed by atoms with Crippen LogP contribution in [0.5, 0.6) is 5.75 Å². The van der Waals surface area contributed by atoms with Crippen molar-refractivity contribution in [1.29, 1.82) is 0 Å². The molecule has 3 atom stereocenters. The van der Waals surface area contributed by atoms with Crippen LogP contribution in [0.25, 0.3) is 21.7 Å². The number of imide groups is 3. The molecule has 5 amide bonds. The number of alkyl carbamates (subject to hydrolysis) is 1. The minimum atomic E-state index is -1.92. The number of ether oxygens (including phenoxy) is 2. The SMILES string of the molecule is COc1ccc(C(=O)N(C(=O)[C@H](Cc2c[nH]c3ccccc23)NC(=O)OC(C)(C)C)C(=O)[C@H](CC(=O)O)NC(=O)[C@@H](N)Cc2ccc3ccccc3c2)cc1. The summed E-state index contributed by atoms with van der Waals surface area (Å²) in [4.78, 5) is 85.4. The number of nitrogens with two attached hydrogens (primary N) is 1. The lowest BCUT2D eigenvalue weighted by molar-refractivity contribution is -0.148. The van der Waals surface area contributed by atoms with E-state index in [0.717, 1.165) is 16.3 Å². The number of fused-ring (bicyclic) bond motifs is 2. The molecular weight excluding hydrogens is 706 g/mol. The molecule has 0 spiro atoms. The van der Waals surface area contributed by atoms with Crippen LogP contribution < -0.4 is 21.1 Å². The molecule has 5 rings (SSSR count). The minimum absolute atomic E-state index is 0.0323. The van der Waals surface area contributed by atoms with Gasteiger partial charge in [0, 0.05) is 29.1 Å². The van der Waals surface area contributed by atoms with Crippen LogP contribution in [0.4, 0.5) is 4.79 Å². The molecular formula is C41H43N5O9. The zero-order valence-electron chi connectivity index (χ0n) is 30.8. The predicted molar refractivity (Wildman–Crippen MR) is 204 cm³/mol. The van der Waals surface area contributed by atoms with Gasteiger partial charge in [0.15, 0.2) is 0 Å². The third-order valence-corrected chi connectivity index (χ3v) is 8.67. The van der Waals surface area contributed by atoms with Gasteiger partial charge in [-0.25, -0.2) is 9.69 Å². The second-order valence-electron chi connectivity index (χ2n) is 14.0. The quantitative estimate of drug-likeness (QED) is 0.114. The normalized spacial score (nSPS) is 13.0. The van der Waals surface area contributed by atoms with Gasteiger partial charge in [0.2, 0.25) is 5.91 Å². The number of hydrogen-bond donors (Lipinski definition) is 5. The van der Waals surface area contributed by atoms with Crippen molar-refractivity contribution in [2.75, 3.05) is 7.11 Å². The Morgan fingerprint density at radius 3 is 2.15 bits per heavy atom. The fourth-order valence-corrected chi connectivity index (χ4v) is 6.02. The Kier molecular flexibility index (Phi) is 12.3. The highest BCUT2D eigenvalue weighted by Crippen LogP contribution is 2.22. The summed E-state index contributed by atoms with van der Waals surface area (Å²) >= 11 is 0. The Bertz CT molecular complexity index is 2220. The number of carboxylic acid groups (broad SMARTS) is 1. The first-order valence-electron chi connectivity index (χ1n) is 17.5. The van der Waals surface area contributed by atoms with Crippen molar-refractivity contribution in [1.82, 2.24) is 20.5 Å². The largest absolute Gasteiger partial charge is 0.497 e. The number of amides is 5. The lowest BCUT2D eigenvalue weighted by Crippen LogP contribution is -2.60. The van der Waals surface area contributed by atoms with Gasteiger partial charge in [0.05, 0.1) is 19.6 Å². The van der Waals surface area contributed by atoms with Crippen LogP contribution in [0.3, 0.4) is 0 Å². The Labute approximate surface area is 317 Å². The molecule has 0 radical (unpaired) electrons. The standard InChI is InChI=1S/C41H43N5O9/c1-41(2,3)55-40(53)45-33(21-28-23-43-32-12-8-7-11-30(28)32)38(51)46(37(50)26-15-17-29(54-4)18-16-26)39(52)34(22-35(47)48)44-36(49)31(42)20-24-13-14-25-9-5-6-10-27(25)19-24/h5-19,23,31,33-34,43H,20-22,42H2,1-4H3,(H,44,49)(H,45,53)(H,47,48)/t31-,33-,34-/m0/s1. The lowest BCUT2D eigenvalue weighted by Gasteiger charge is -2.29. The summed E-state index contributed by atoms with van der Waals surface area (Å²) in [7, 11) is 1.41. The first kappa shape index (κ1) is 39.7. The van der Waals surface area contributed by atoms with E-state index in [1.165, 1.54) is 31.4 Å². The third kappa shape index (κ3) is 10.1. The predicted octanol–water partition coefficient (Wildman–Crippen LogP) is 4.49. The first-order valence-corrected chi connectivity index (χ1v) is 17.5. The molecule has 286 valence electrons. The average molecular weight is 750 g/mol. The van der Waals surface area contributed by atoms with Crippen molar-refractivity contribution < 1.29 is 43.3 Å². The highest BCUT2D eigenvalue weighted by atomic mass is 16.6. The topological polar surface area (TPSA) is 210 Å². The van der Waals surface area contributed by atoms with E-state index < -0.39 is 65.8 Å². The highest BCUT2D eigenvalue weighted by Gasteiger charge is 2.41. The molecule has 0 saturated heterocycles. The number of para-hydroxylation sites is 1. The molecule has 6 N–H and O–H groups in total. The van der Waals surface area contributed by atoms with Gasteiger partial charge in [-0.15, -0.1) is 0 Å². The van der Waals surface area contributed by atoms with Crippen LogP contribution in [0, 0.1) is 0 Å². The van der Waals surface area contributed by atoms with Crippen molar-refractivity contribution in [2.24, 2.45) is 5.73 Å². The summed E-state index contributed by atoms with van der Waals surface area (Å²) in [5.74, 6) is -5.72. The fraction of sp³-hybridized carbons (Fsp3) is 0.268. The van der Waals surface area contributed by atoms with Gasteiger partial charge in [-0.3, -0.25) is 24.0 Å². The second kappa shape index (κ2) is 17.1. The highest BCUT2D eigenvalue weighted by molar-refractivity contribution is 6.19. The lowest BCUT2D eigenvalue weighted by atomic mass is 10.0. The molecule has 0 aliphatic carbocycles. The van der Waals surface area contributed by atoms with Gasteiger partial charge in [-0.05, 0) is 79.4 Å². The first-order chi connectivity index (χ1) is 26.1. The fourth-order valence-electron chi connectivity index (χ4n) is 6.02. The van der Waals surface area contributed by atoms with Crippen molar-refractivity contribution in [3.05, 3.63) is 114 Å². The molecule has 0 unspecified atom stereocenters. The summed E-state index contributed by atoms with van der Waals surface area (Å²) in [6.45, 7) is 4.86. The molecule has 1 heterocycles. The number of benzene rings is 4. The number of nitrogens with one attached hydrogen (secondary N) is 3. The van der Waals surface area contributed by atoms with E-state index in [1.54, 1.807) is 45.2 Å². The number of hydrogen-bond acceptors (Lipinski definition) is 9. The second-order valence-corrected chi connectivity index (χ2v) is 14.0. The van der Waals surface area contributed by atoms with Crippen LogP contribution in [0.2, 0.25) is 0 Å². The molecule has 55 heavy (non-hydrogen) atoms. The van der Waals surface area contributed by atoms with Gasteiger partial charge in [0.25, 0.3) is 17.7 Å². The summed E-state index contributed by atoms with van der Waals surface area (Å²) in [6, 6.07) is 21.1. The zero-order chi connectivity index (χ0) is 39.9.